The normalized spacial score (nSPS) is 16.0. The van der Waals surface area contributed by atoms with E-state index < -0.39 is 0 Å². The summed E-state index contributed by atoms with van der Waals surface area (Å²) in [4.78, 5) is 4.60. The molecule has 0 aliphatic carbocycles. The van der Waals surface area contributed by atoms with Crippen molar-refractivity contribution in [1.82, 2.24) is 14.8 Å². The van der Waals surface area contributed by atoms with Crippen LogP contribution in [0, 0.1) is 0 Å². The van der Waals surface area contributed by atoms with Crippen molar-refractivity contribution in [2.45, 2.75) is 18.1 Å². The number of aromatic hydroxyl groups is 1. The van der Waals surface area contributed by atoms with E-state index in [0.717, 1.165) is 27.7 Å². The second-order valence-corrected chi connectivity index (χ2v) is 6.90. The summed E-state index contributed by atoms with van der Waals surface area (Å²) in [6.45, 7) is 2.08. The first kappa shape index (κ1) is 15.8. The van der Waals surface area contributed by atoms with E-state index in [1.165, 1.54) is 0 Å². The molecular formula is C19H18N4OS. The highest BCUT2D eigenvalue weighted by atomic mass is 32.2. The molecule has 0 spiro atoms. The zero-order chi connectivity index (χ0) is 17.2. The molecular weight excluding hydrogens is 332 g/mol. The van der Waals surface area contributed by atoms with E-state index >= 15 is 0 Å². The molecule has 25 heavy (non-hydrogen) atoms. The third-order valence-corrected chi connectivity index (χ3v) is 4.77. The summed E-state index contributed by atoms with van der Waals surface area (Å²) in [7, 11) is 0. The summed E-state index contributed by atoms with van der Waals surface area (Å²) in [5.74, 6) is 1.84. The van der Waals surface area contributed by atoms with Crippen molar-refractivity contribution in [3.05, 3.63) is 71.8 Å². The van der Waals surface area contributed by atoms with Crippen molar-refractivity contribution in [2.24, 2.45) is 0 Å². The van der Waals surface area contributed by atoms with Crippen molar-refractivity contribution < 1.29 is 5.11 Å². The quantitative estimate of drug-likeness (QED) is 0.692. The molecule has 0 bridgehead atoms. The van der Waals surface area contributed by atoms with E-state index in [1.807, 2.05) is 41.1 Å². The number of phenolic OH excluding ortho intramolecular Hbond substituents is 1. The minimum Gasteiger partial charge on any atom is -0.507 e. The van der Waals surface area contributed by atoms with Gasteiger partial charge in [0.1, 0.15) is 11.8 Å². The van der Waals surface area contributed by atoms with Gasteiger partial charge in [-0.25, -0.2) is 4.68 Å². The van der Waals surface area contributed by atoms with Gasteiger partial charge in [-0.15, -0.1) is 5.10 Å². The maximum atomic E-state index is 10.2. The summed E-state index contributed by atoms with van der Waals surface area (Å²) in [6, 6.07) is 17.4. The van der Waals surface area contributed by atoms with Crippen molar-refractivity contribution in [3.8, 4) is 5.75 Å². The molecule has 1 aromatic heterocycles. The Morgan fingerprint density at radius 3 is 2.64 bits per heavy atom. The van der Waals surface area contributed by atoms with Gasteiger partial charge in [-0.1, -0.05) is 61.2 Å². The number of benzene rings is 2. The molecule has 5 nitrogen and oxygen atoms in total. The number of allylic oxidation sites excluding steroid dienone is 1. The third-order valence-electron chi connectivity index (χ3n) is 4.06. The molecule has 1 atom stereocenters. The van der Waals surface area contributed by atoms with Crippen LogP contribution in [0.1, 0.15) is 24.1 Å². The van der Waals surface area contributed by atoms with Gasteiger partial charge in [0, 0.05) is 5.56 Å². The molecule has 2 N–H and O–H groups in total. The number of hydrogen-bond donors (Lipinski definition) is 2. The number of thioether (sulfide) groups is 1. The molecule has 0 saturated carbocycles. The van der Waals surface area contributed by atoms with Gasteiger partial charge in [0.25, 0.3) is 0 Å². The number of rotatable bonds is 4. The highest BCUT2D eigenvalue weighted by molar-refractivity contribution is 7.99. The standard InChI is InChI=1S/C19H18N4OS/c1-2-25-19-21-18-20-15(14-10-6-7-11-17(14)24)12-16(23(18)22-19)13-8-4-3-5-9-13/h3-12,16,24H,2H2,1H3,(H,20,21,22). The summed E-state index contributed by atoms with van der Waals surface area (Å²) < 4.78 is 1.90. The molecule has 1 aliphatic heterocycles. The predicted molar refractivity (Wildman–Crippen MR) is 101 cm³/mol. The van der Waals surface area contributed by atoms with Crippen molar-refractivity contribution >= 4 is 23.4 Å². The largest absolute Gasteiger partial charge is 0.507 e. The zero-order valence-electron chi connectivity index (χ0n) is 13.8. The summed E-state index contributed by atoms with van der Waals surface area (Å²) in [6.07, 6.45) is 2.08. The first-order chi connectivity index (χ1) is 12.3. The number of para-hydroxylation sites is 1. The summed E-state index contributed by atoms with van der Waals surface area (Å²) in [5.41, 5.74) is 2.71. The molecule has 1 unspecified atom stereocenters. The number of nitrogens with one attached hydrogen (secondary N) is 1. The number of aromatic nitrogens is 3. The van der Waals surface area contributed by atoms with Crippen LogP contribution in [-0.4, -0.2) is 25.6 Å². The fraction of sp³-hybridized carbons (Fsp3) is 0.158. The lowest BCUT2D eigenvalue weighted by molar-refractivity contribution is 0.473. The van der Waals surface area contributed by atoms with E-state index in [0.29, 0.717) is 5.95 Å². The van der Waals surface area contributed by atoms with E-state index in [1.54, 1.807) is 17.8 Å². The maximum Gasteiger partial charge on any atom is 0.227 e. The number of nitrogens with zero attached hydrogens (tertiary/aromatic N) is 3. The van der Waals surface area contributed by atoms with E-state index in [4.69, 9.17) is 0 Å². The van der Waals surface area contributed by atoms with Crippen molar-refractivity contribution in [2.75, 3.05) is 11.1 Å². The minimum absolute atomic E-state index is 0.0780. The Hall–Kier alpha value is -2.73. The van der Waals surface area contributed by atoms with Gasteiger partial charge >= 0.3 is 0 Å². The number of phenols is 1. The fourth-order valence-electron chi connectivity index (χ4n) is 2.91. The Labute approximate surface area is 150 Å². The average molecular weight is 350 g/mol. The highest BCUT2D eigenvalue weighted by Crippen LogP contribution is 2.35. The van der Waals surface area contributed by atoms with Gasteiger partial charge in [-0.2, -0.15) is 4.98 Å². The lowest BCUT2D eigenvalue weighted by Gasteiger charge is -2.24. The molecule has 0 fully saturated rings. The molecule has 3 aromatic rings. The SMILES string of the molecule is CCSc1nc2n(n1)C(c1ccccc1)C=C(c1ccccc1O)N2. The van der Waals surface area contributed by atoms with Crippen molar-refractivity contribution in [3.63, 3.8) is 0 Å². The molecule has 126 valence electrons. The van der Waals surface area contributed by atoms with Crippen LogP contribution < -0.4 is 5.32 Å². The summed E-state index contributed by atoms with van der Waals surface area (Å²) in [5, 5.41) is 18.9. The van der Waals surface area contributed by atoms with Crippen LogP contribution in [0.15, 0.2) is 65.8 Å². The van der Waals surface area contributed by atoms with E-state index in [-0.39, 0.29) is 11.8 Å². The van der Waals surface area contributed by atoms with E-state index in [2.05, 4.69) is 40.5 Å². The second-order valence-electron chi connectivity index (χ2n) is 5.67. The van der Waals surface area contributed by atoms with Crippen LogP contribution >= 0.6 is 11.8 Å². The molecule has 1 aliphatic rings. The number of fused-ring (bicyclic) bond motifs is 1. The Bertz CT molecular complexity index is 920. The van der Waals surface area contributed by atoms with Gasteiger partial charge in [0.05, 0.1) is 5.70 Å². The van der Waals surface area contributed by atoms with Crippen LogP contribution in [0.5, 0.6) is 5.75 Å². The lowest BCUT2D eigenvalue weighted by Crippen LogP contribution is -2.20. The molecule has 4 rings (SSSR count). The smallest absolute Gasteiger partial charge is 0.227 e. The minimum atomic E-state index is -0.0780. The Morgan fingerprint density at radius 1 is 1.12 bits per heavy atom. The maximum absolute atomic E-state index is 10.2. The molecule has 0 radical (unpaired) electrons. The predicted octanol–water partition coefficient (Wildman–Crippen LogP) is 4.15. The van der Waals surface area contributed by atoms with Gasteiger partial charge in [0.2, 0.25) is 11.1 Å². The van der Waals surface area contributed by atoms with Gasteiger partial charge in [0.15, 0.2) is 0 Å². The van der Waals surface area contributed by atoms with E-state index in [9.17, 15) is 5.11 Å². The first-order valence-corrected chi connectivity index (χ1v) is 9.16. The number of hydrogen-bond acceptors (Lipinski definition) is 5. The monoisotopic (exact) mass is 350 g/mol. The van der Waals surface area contributed by atoms with Crippen LogP contribution in [0.25, 0.3) is 5.70 Å². The van der Waals surface area contributed by atoms with Crippen LogP contribution in [-0.2, 0) is 0 Å². The number of anilines is 1. The zero-order valence-corrected chi connectivity index (χ0v) is 14.6. The van der Waals surface area contributed by atoms with Gasteiger partial charge < -0.3 is 10.4 Å². The van der Waals surface area contributed by atoms with Gasteiger partial charge in [-0.05, 0) is 29.5 Å². The topological polar surface area (TPSA) is 63.0 Å². The van der Waals surface area contributed by atoms with Crippen molar-refractivity contribution in [1.29, 1.82) is 0 Å². The highest BCUT2D eigenvalue weighted by Gasteiger charge is 2.25. The molecule has 0 amide bonds. The molecule has 2 aromatic carbocycles. The first-order valence-electron chi connectivity index (χ1n) is 8.17. The Balaban J connectivity index is 1.83. The second kappa shape index (κ2) is 6.64. The van der Waals surface area contributed by atoms with Crippen LogP contribution in [0.4, 0.5) is 5.95 Å². The van der Waals surface area contributed by atoms with Crippen LogP contribution in [0.3, 0.4) is 0 Å². The Kier molecular flexibility index (Phi) is 4.19. The third kappa shape index (κ3) is 3.00. The molecule has 0 saturated heterocycles. The van der Waals surface area contributed by atoms with Gasteiger partial charge in [-0.3, -0.25) is 0 Å². The summed E-state index contributed by atoms with van der Waals surface area (Å²) >= 11 is 1.61. The Morgan fingerprint density at radius 2 is 1.88 bits per heavy atom. The molecule has 6 heteroatoms. The fourth-order valence-corrected chi connectivity index (χ4v) is 3.46. The lowest BCUT2D eigenvalue weighted by atomic mass is 10.0. The molecule has 2 heterocycles. The van der Waals surface area contributed by atoms with Crippen LogP contribution in [0.2, 0.25) is 0 Å². The average Bonchev–Trinajstić information content (AvgIpc) is 3.05.